The highest BCUT2D eigenvalue weighted by Gasteiger charge is 2.06. The zero-order chi connectivity index (χ0) is 12.3. The Morgan fingerprint density at radius 1 is 1.29 bits per heavy atom. The van der Waals surface area contributed by atoms with Gasteiger partial charge in [-0.25, -0.2) is 4.98 Å². The second kappa shape index (κ2) is 5.56. The van der Waals surface area contributed by atoms with Crippen LogP contribution in [0.1, 0.15) is 5.56 Å². The summed E-state index contributed by atoms with van der Waals surface area (Å²) < 4.78 is 6.79. The van der Waals surface area contributed by atoms with Gasteiger partial charge in [-0.3, -0.25) is 0 Å². The maximum atomic E-state index is 5.83. The maximum Gasteiger partial charge on any atom is 0.222 e. The van der Waals surface area contributed by atoms with Gasteiger partial charge in [-0.2, -0.15) is 0 Å². The number of hydrogen-bond acceptors (Lipinski definition) is 3. The summed E-state index contributed by atoms with van der Waals surface area (Å²) in [6.45, 7) is 1.98. The molecular weight excluding hydrogens is 298 g/mol. The van der Waals surface area contributed by atoms with Crippen LogP contribution in [0.25, 0.3) is 0 Å². The standard InChI is InChI=1S/C13H12BrNOS/c1-9-7-10(14)8-15-13(9)16-11-5-3-4-6-12(11)17-2/h3-8H,1-2H3. The van der Waals surface area contributed by atoms with E-state index in [0.29, 0.717) is 5.88 Å². The van der Waals surface area contributed by atoms with Crippen molar-refractivity contribution in [2.24, 2.45) is 0 Å². The molecule has 4 heteroatoms. The van der Waals surface area contributed by atoms with Gasteiger partial charge in [-0.1, -0.05) is 12.1 Å². The number of thioether (sulfide) groups is 1. The third-order valence-corrected chi connectivity index (χ3v) is 3.48. The lowest BCUT2D eigenvalue weighted by Gasteiger charge is -2.10. The minimum atomic E-state index is 0.648. The molecule has 17 heavy (non-hydrogen) atoms. The van der Waals surface area contributed by atoms with E-state index in [1.165, 1.54) is 0 Å². The SMILES string of the molecule is CSc1ccccc1Oc1ncc(Br)cc1C. The number of aromatic nitrogens is 1. The van der Waals surface area contributed by atoms with Gasteiger partial charge in [0, 0.05) is 21.1 Å². The predicted molar refractivity (Wildman–Crippen MR) is 75.0 cm³/mol. The number of benzene rings is 1. The molecule has 0 spiro atoms. The quantitative estimate of drug-likeness (QED) is 0.769. The molecule has 0 saturated carbocycles. The molecule has 0 bridgehead atoms. The normalized spacial score (nSPS) is 10.3. The van der Waals surface area contributed by atoms with E-state index in [0.717, 1.165) is 20.7 Å². The Labute approximate surface area is 114 Å². The fourth-order valence-corrected chi connectivity index (χ4v) is 2.41. The van der Waals surface area contributed by atoms with Crippen molar-refractivity contribution >= 4 is 27.7 Å². The van der Waals surface area contributed by atoms with E-state index in [-0.39, 0.29) is 0 Å². The van der Waals surface area contributed by atoms with Gasteiger partial charge in [0.15, 0.2) is 0 Å². The average molecular weight is 310 g/mol. The molecule has 0 saturated heterocycles. The number of ether oxygens (including phenoxy) is 1. The van der Waals surface area contributed by atoms with Crippen molar-refractivity contribution in [3.05, 3.63) is 46.6 Å². The monoisotopic (exact) mass is 309 g/mol. The lowest BCUT2D eigenvalue weighted by atomic mass is 10.3. The summed E-state index contributed by atoms with van der Waals surface area (Å²) in [4.78, 5) is 5.38. The summed E-state index contributed by atoms with van der Waals surface area (Å²) in [5, 5.41) is 0. The number of para-hydroxylation sites is 1. The molecule has 0 unspecified atom stereocenters. The molecule has 1 aromatic carbocycles. The molecule has 0 atom stereocenters. The van der Waals surface area contributed by atoms with Crippen LogP contribution in [0.5, 0.6) is 11.6 Å². The van der Waals surface area contributed by atoms with Crippen LogP contribution in [0.15, 0.2) is 45.9 Å². The smallest absolute Gasteiger partial charge is 0.222 e. The Hall–Kier alpha value is -1.00. The van der Waals surface area contributed by atoms with E-state index in [9.17, 15) is 0 Å². The molecule has 2 aromatic rings. The second-order valence-electron chi connectivity index (χ2n) is 3.53. The van der Waals surface area contributed by atoms with Crippen LogP contribution in [0, 0.1) is 6.92 Å². The molecule has 2 rings (SSSR count). The zero-order valence-electron chi connectivity index (χ0n) is 9.61. The van der Waals surface area contributed by atoms with Gasteiger partial charge in [0.1, 0.15) is 5.75 Å². The third-order valence-electron chi connectivity index (χ3n) is 2.27. The number of rotatable bonds is 3. The Morgan fingerprint density at radius 2 is 2.06 bits per heavy atom. The van der Waals surface area contributed by atoms with Gasteiger partial charge in [0.2, 0.25) is 5.88 Å². The highest BCUT2D eigenvalue weighted by Crippen LogP contribution is 2.32. The fraction of sp³-hybridized carbons (Fsp3) is 0.154. The minimum Gasteiger partial charge on any atom is -0.438 e. The predicted octanol–water partition coefficient (Wildman–Crippen LogP) is 4.67. The van der Waals surface area contributed by atoms with E-state index in [1.54, 1.807) is 18.0 Å². The Bertz CT molecular complexity index is 531. The summed E-state index contributed by atoms with van der Waals surface area (Å²) in [6, 6.07) is 9.94. The second-order valence-corrected chi connectivity index (χ2v) is 5.29. The molecule has 0 aliphatic heterocycles. The first-order chi connectivity index (χ1) is 8.20. The van der Waals surface area contributed by atoms with Crippen molar-refractivity contribution in [1.82, 2.24) is 4.98 Å². The van der Waals surface area contributed by atoms with E-state index in [2.05, 4.69) is 20.9 Å². The van der Waals surface area contributed by atoms with Crippen molar-refractivity contribution in [1.29, 1.82) is 0 Å². The van der Waals surface area contributed by atoms with Crippen LogP contribution in [0.2, 0.25) is 0 Å². The summed E-state index contributed by atoms with van der Waals surface area (Å²) in [5.74, 6) is 1.49. The van der Waals surface area contributed by atoms with Crippen LogP contribution in [0.4, 0.5) is 0 Å². The Balaban J connectivity index is 2.31. The molecule has 1 aromatic heterocycles. The summed E-state index contributed by atoms with van der Waals surface area (Å²) in [5.41, 5.74) is 1.01. The largest absolute Gasteiger partial charge is 0.438 e. The lowest BCUT2D eigenvalue weighted by molar-refractivity contribution is 0.448. The van der Waals surface area contributed by atoms with Crippen molar-refractivity contribution in [2.45, 2.75) is 11.8 Å². The third kappa shape index (κ3) is 3.01. The van der Waals surface area contributed by atoms with Gasteiger partial charge < -0.3 is 4.74 Å². The number of halogens is 1. The summed E-state index contributed by atoms with van der Waals surface area (Å²) in [6.07, 6.45) is 3.77. The molecule has 0 radical (unpaired) electrons. The Morgan fingerprint density at radius 3 is 2.76 bits per heavy atom. The van der Waals surface area contributed by atoms with E-state index in [1.807, 2.05) is 43.5 Å². The fourth-order valence-electron chi connectivity index (χ4n) is 1.44. The molecule has 1 heterocycles. The van der Waals surface area contributed by atoms with Crippen LogP contribution in [-0.4, -0.2) is 11.2 Å². The highest BCUT2D eigenvalue weighted by molar-refractivity contribution is 9.10. The van der Waals surface area contributed by atoms with Crippen LogP contribution in [-0.2, 0) is 0 Å². The topological polar surface area (TPSA) is 22.1 Å². The number of aryl methyl sites for hydroxylation is 1. The summed E-state index contributed by atoms with van der Waals surface area (Å²) in [7, 11) is 0. The molecule has 0 fully saturated rings. The van der Waals surface area contributed by atoms with Crippen molar-refractivity contribution < 1.29 is 4.74 Å². The van der Waals surface area contributed by atoms with Crippen molar-refractivity contribution in [2.75, 3.05) is 6.26 Å². The first-order valence-corrected chi connectivity index (χ1v) is 7.15. The Kier molecular flexibility index (Phi) is 4.07. The zero-order valence-corrected chi connectivity index (χ0v) is 12.0. The van der Waals surface area contributed by atoms with Crippen LogP contribution >= 0.6 is 27.7 Å². The molecule has 0 aliphatic rings. The molecule has 0 N–H and O–H groups in total. The highest BCUT2D eigenvalue weighted by atomic mass is 79.9. The molecule has 88 valence electrons. The van der Waals surface area contributed by atoms with Gasteiger partial charge in [0.25, 0.3) is 0 Å². The van der Waals surface area contributed by atoms with Crippen molar-refractivity contribution in [3.8, 4) is 11.6 Å². The molecule has 0 aliphatic carbocycles. The average Bonchev–Trinajstić information content (AvgIpc) is 2.33. The van der Waals surface area contributed by atoms with Gasteiger partial charge >= 0.3 is 0 Å². The van der Waals surface area contributed by atoms with Gasteiger partial charge in [0.05, 0.1) is 0 Å². The maximum absolute atomic E-state index is 5.83. The van der Waals surface area contributed by atoms with E-state index >= 15 is 0 Å². The molecular formula is C13H12BrNOS. The van der Waals surface area contributed by atoms with Gasteiger partial charge in [-0.15, -0.1) is 11.8 Å². The molecule has 2 nitrogen and oxygen atoms in total. The number of hydrogen-bond donors (Lipinski definition) is 0. The minimum absolute atomic E-state index is 0.648. The number of pyridine rings is 1. The lowest BCUT2D eigenvalue weighted by Crippen LogP contribution is -1.92. The van der Waals surface area contributed by atoms with Gasteiger partial charge in [-0.05, 0) is 47.3 Å². The van der Waals surface area contributed by atoms with Crippen molar-refractivity contribution in [3.63, 3.8) is 0 Å². The number of nitrogens with zero attached hydrogens (tertiary/aromatic N) is 1. The van der Waals surface area contributed by atoms with Crippen LogP contribution in [0.3, 0.4) is 0 Å². The summed E-state index contributed by atoms with van der Waals surface area (Å²) >= 11 is 5.05. The first-order valence-electron chi connectivity index (χ1n) is 5.13. The van der Waals surface area contributed by atoms with E-state index in [4.69, 9.17) is 4.74 Å². The molecule has 0 amide bonds. The van der Waals surface area contributed by atoms with E-state index < -0.39 is 0 Å². The van der Waals surface area contributed by atoms with Crippen LogP contribution < -0.4 is 4.74 Å². The first kappa shape index (κ1) is 12.5.